The molecule has 1 amide bonds. The van der Waals surface area contributed by atoms with Gasteiger partial charge in [-0.2, -0.15) is 0 Å². The van der Waals surface area contributed by atoms with Gasteiger partial charge in [-0.15, -0.1) is 0 Å². The van der Waals surface area contributed by atoms with Gasteiger partial charge in [0.2, 0.25) is 0 Å². The molecule has 1 heterocycles. The second-order valence-electron chi connectivity index (χ2n) is 5.53. The van der Waals surface area contributed by atoms with Crippen LogP contribution in [0.15, 0.2) is 53.1 Å². The maximum Gasteiger partial charge on any atom is 0.257 e. The molecule has 0 saturated carbocycles. The molecule has 0 aliphatic rings. The minimum absolute atomic E-state index is 0.280. The summed E-state index contributed by atoms with van der Waals surface area (Å²) < 4.78 is 23.8. The molecule has 0 saturated heterocycles. The minimum atomic E-state index is -0.363. The van der Waals surface area contributed by atoms with Crippen LogP contribution in [0.25, 0.3) is 11.3 Å². The van der Waals surface area contributed by atoms with Gasteiger partial charge >= 0.3 is 0 Å². The molecule has 0 bridgehead atoms. The monoisotopic (exact) mass is 374 g/mol. The number of aromatic nitrogens is 1. The van der Waals surface area contributed by atoms with Gasteiger partial charge in [-0.25, -0.2) is 4.39 Å². The van der Waals surface area contributed by atoms with Crippen LogP contribution in [0, 0.1) is 12.7 Å². The highest BCUT2D eigenvalue weighted by molar-refractivity contribution is 6.30. The van der Waals surface area contributed by atoms with E-state index in [0.717, 1.165) is 0 Å². The minimum Gasteiger partial charge on any atom is -0.492 e. The summed E-state index contributed by atoms with van der Waals surface area (Å²) in [7, 11) is 0. The van der Waals surface area contributed by atoms with E-state index >= 15 is 0 Å². The normalized spacial score (nSPS) is 10.6. The summed E-state index contributed by atoms with van der Waals surface area (Å²) in [6.45, 7) is 2.22. The second kappa shape index (κ2) is 8.01. The number of carbonyl (C=O) groups is 1. The Labute approximate surface area is 154 Å². The molecule has 3 rings (SSSR count). The third kappa shape index (κ3) is 4.21. The average molecular weight is 375 g/mol. The van der Waals surface area contributed by atoms with Crippen LogP contribution in [-0.4, -0.2) is 24.2 Å². The Morgan fingerprint density at radius 1 is 1.27 bits per heavy atom. The quantitative estimate of drug-likeness (QED) is 0.655. The van der Waals surface area contributed by atoms with Gasteiger partial charge in [0.1, 0.15) is 35.2 Å². The lowest BCUT2D eigenvalue weighted by Crippen LogP contribution is -2.28. The highest BCUT2D eigenvalue weighted by Gasteiger charge is 2.21. The van der Waals surface area contributed by atoms with Gasteiger partial charge in [0.25, 0.3) is 5.91 Å². The Bertz CT molecular complexity index is 909. The predicted octanol–water partition coefficient (Wildman–Crippen LogP) is 4.25. The number of rotatable bonds is 6. The molecule has 0 aliphatic heterocycles. The van der Waals surface area contributed by atoms with E-state index in [0.29, 0.717) is 39.9 Å². The molecule has 1 N–H and O–H groups in total. The average Bonchev–Trinajstić information content (AvgIpc) is 3.01. The number of hydrogen-bond acceptors (Lipinski definition) is 4. The van der Waals surface area contributed by atoms with Crippen LogP contribution in [0.1, 0.15) is 16.1 Å². The summed E-state index contributed by atoms with van der Waals surface area (Å²) in [5.74, 6) is 0.313. The molecule has 26 heavy (non-hydrogen) atoms. The van der Waals surface area contributed by atoms with Gasteiger partial charge in [-0.3, -0.25) is 4.79 Å². The lowest BCUT2D eigenvalue weighted by atomic mass is 10.1. The molecular weight excluding hydrogens is 359 g/mol. The summed E-state index contributed by atoms with van der Waals surface area (Å²) >= 11 is 5.89. The van der Waals surface area contributed by atoms with Gasteiger partial charge in [0.05, 0.1) is 6.54 Å². The van der Waals surface area contributed by atoms with E-state index in [9.17, 15) is 9.18 Å². The van der Waals surface area contributed by atoms with Crippen LogP contribution < -0.4 is 10.1 Å². The van der Waals surface area contributed by atoms with Crippen molar-refractivity contribution in [2.75, 3.05) is 13.2 Å². The summed E-state index contributed by atoms with van der Waals surface area (Å²) in [5.41, 5.74) is 1.29. The van der Waals surface area contributed by atoms with E-state index < -0.39 is 0 Å². The van der Waals surface area contributed by atoms with Gasteiger partial charge in [0.15, 0.2) is 0 Å². The van der Waals surface area contributed by atoms with Crippen LogP contribution in [0.5, 0.6) is 5.75 Å². The Kier molecular flexibility index (Phi) is 5.53. The Morgan fingerprint density at radius 3 is 2.77 bits per heavy atom. The van der Waals surface area contributed by atoms with E-state index in [1.54, 1.807) is 43.3 Å². The molecular formula is C19H16ClFN2O3. The van der Waals surface area contributed by atoms with Gasteiger partial charge in [0, 0.05) is 10.6 Å². The lowest BCUT2D eigenvalue weighted by molar-refractivity contribution is 0.0946. The van der Waals surface area contributed by atoms with E-state index in [2.05, 4.69) is 10.5 Å². The number of nitrogens with one attached hydrogen (secondary N) is 1. The molecule has 7 heteroatoms. The van der Waals surface area contributed by atoms with Crippen LogP contribution in [0.3, 0.4) is 0 Å². The Morgan fingerprint density at radius 2 is 2.04 bits per heavy atom. The fourth-order valence-corrected chi connectivity index (χ4v) is 2.60. The van der Waals surface area contributed by atoms with Crippen LogP contribution >= 0.6 is 11.6 Å². The summed E-state index contributed by atoms with van der Waals surface area (Å²) in [6.07, 6.45) is 0. The number of amides is 1. The van der Waals surface area contributed by atoms with Gasteiger partial charge < -0.3 is 14.6 Å². The van der Waals surface area contributed by atoms with Crippen LogP contribution in [-0.2, 0) is 0 Å². The zero-order valence-corrected chi connectivity index (χ0v) is 14.7. The summed E-state index contributed by atoms with van der Waals surface area (Å²) in [6, 6.07) is 12.7. The second-order valence-corrected chi connectivity index (χ2v) is 5.97. The molecule has 2 aromatic carbocycles. The smallest absolute Gasteiger partial charge is 0.257 e. The van der Waals surface area contributed by atoms with Crippen molar-refractivity contribution in [1.29, 1.82) is 0 Å². The predicted molar refractivity (Wildman–Crippen MR) is 95.9 cm³/mol. The van der Waals surface area contributed by atoms with E-state index in [4.69, 9.17) is 20.9 Å². The molecule has 1 aromatic heterocycles. The SMILES string of the molecule is Cc1onc(-c2ccc(F)cc2)c1C(=O)NCCOc1cccc(Cl)c1. The number of nitrogens with zero attached hydrogens (tertiary/aromatic N) is 1. The van der Waals surface area contributed by atoms with Crippen molar-refractivity contribution in [3.05, 3.63) is 70.7 Å². The molecule has 5 nitrogen and oxygen atoms in total. The molecule has 0 spiro atoms. The van der Waals surface area contributed by atoms with Gasteiger partial charge in [-0.1, -0.05) is 22.8 Å². The molecule has 134 valence electrons. The zero-order valence-electron chi connectivity index (χ0n) is 14.0. The molecule has 0 aliphatic carbocycles. The van der Waals surface area contributed by atoms with Gasteiger partial charge in [-0.05, 0) is 49.4 Å². The lowest BCUT2D eigenvalue weighted by Gasteiger charge is -2.08. The van der Waals surface area contributed by atoms with Crippen molar-refractivity contribution in [3.8, 4) is 17.0 Å². The first-order chi connectivity index (χ1) is 12.5. The number of halogens is 2. The number of carbonyl (C=O) groups excluding carboxylic acids is 1. The summed E-state index contributed by atoms with van der Waals surface area (Å²) in [5, 5.41) is 7.26. The van der Waals surface area contributed by atoms with E-state index in [1.807, 2.05) is 0 Å². The maximum absolute atomic E-state index is 13.1. The number of hydrogen-bond donors (Lipinski definition) is 1. The molecule has 3 aromatic rings. The third-order valence-electron chi connectivity index (χ3n) is 3.66. The highest BCUT2D eigenvalue weighted by atomic mass is 35.5. The van der Waals surface area contributed by atoms with Crippen molar-refractivity contribution in [2.24, 2.45) is 0 Å². The fraction of sp³-hybridized carbons (Fsp3) is 0.158. The van der Waals surface area contributed by atoms with Crippen LogP contribution in [0.4, 0.5) is 4.39 Å². The summed E-state index contributed by atoms with van der Waals surface area (Å²) in [4.78, 5) is 12.5. The first kappa shape index (κ1) is 17.9. The van der Waals surface area contributed by atoms with E-state index in [1.165, 1.54) is 12.1 Å². The number of benzene rings is 2. The Hall–Kier alpha value is -2.86. The first-order valence-electron chi connectivity index (χ1n) is 7.93. The zero-order chi connectivity index (χ0) is 18.5. The van der Waals surface area contributed by atoms with Crippen LogP contribution in [0.2, 0.25) is 5.02 Å². The Balaban J connectivity index is 1.63. The van der Waals surface area contributed by atoms with Crippen molar-refractivity contribution in [3.63, 3.8) is 0 Å². The topological polar surface area (TPSA) is 64.4 Å². The van der Waals surface area contributed by atoms with Crippen molar-refractivity contribution in [1.82, 2.24) is 10.5 Å². The number of ether oxygens (including phenoxy) is 1. The van der Waals surface area contributed by atoms with Crippen molar-refractivity contribution < 1.29 is 18.4 Å². The first-order valence-corrected chi connectivity index (χ1v) is 8.31. The fourth-order valence-electron chi connectivity index (χ4n) is 2.42. The van der Waals surface area contributed by atoms with E-state index in [-0.39, 0.29) is 18.3 Å². The molecule has 0 atom stereocenters. The maximum atomic E-state index is 13.1. The van der Waals surface area contributed by atoms with Crippen molar-refractivity contribution >= 4 is 17.5 Å². The molecule has 0 unspecified atom stereocenters. The molecule has 0 fully saturated rings. The standard InChI is InChI=1S/C19H16ClFN2O3/c1-12-17(18(23-26-12)13-5-7-15(21)8-6-13)19(24)22-9-10-25-16-4-2-3-14(20)11-16/h2-8,11H,9-10H2,1H3,(H,22,24). The largest absolute Gasteiger partial charge is 0.492 e. The number of aryl methyl sites for hydroxylation is 1. The third-order valence-corrected chi connectivity index (χ3v) is 3.89. The van der Waals surface area contributed by atoms with Crippen molar-refractivity contribution in [2.45, 2.75) is 6.92 Å². The molecule has 0 radical (unpaired) electrons. The highest BCUT2D eigenvalue weighted by Crippen LogP contribution is 2.25.